The highest BCUT2D eigenvalue weighted by Gasteiger charge is 2.13. The fourth-order valence-corrected chi connectivity index (χ4v) is 3.96. The van der Waals surface area contributed by atoms with Gasteiger partial charge < -0.3 is 5.32 Å². The number of rotatable bonds is 5. The lowest BCUT2D eigenvalue weighted by Crippen LogP contribution is -2.02. The molecule has 0 radical (unpaired) electrons. The summed E-state index contributed by atoms with van der Waals surface area (Å²) in [6.07, 6.45) is 4.88. The van der Waals surface area contributed by atoms with Crippen LogP contribution in [0, 0.1) is 0 Å². The van der Waals surface area contributed by atoms with Gasteiger partial charge >= 0.3 is 0 Å². The first-order valence-electron chi connectivity index (χ1n) is 6.90. The highest BCUT2D eigenvalue weighted by atomic mass is 32.2. The minimum Gasteiger partial charge on any atom is -0.354 e. The number of fused-ring (bicyclic) bond motifs is 1. The lowest BCUT2D eigenvalue weighted by atomic mass is 10.3. The van der Waals surface area contributed by atoms with E-state index in [2.05, 4.69) is 33.4 Å². The van der Waals surface area contributed by atoms with E-state index in [4.69, 9.17) is 0 Å². The van der Waals surface area contributed by atoms with E-state index in [0.717, 1.165) is 33.1 Å². The number of hydrogen-bond donors (Lipinski definition) is 1. The Kier molecular flexibility index (Phi) is 4.12. The zero-order chi connectivity index (χ0) is 14.8. The summed E-state index contributed by atoms with van der Waals surface area (Å²) in [5.74, 6) is 0.695. The van der Waals surface area contributed by atoms with Gasteiger partial charge in [-0.3, -0.25) is 4.68 Å². The molecular weight excluding hydrogens is 302 g/mol. The van der Waals surface area contributed by atoms with Gasteiger partial charge in [-0.1, -0.05) is 18.7 Å². The first-order valence-corrected chi connectivity index (χ1v) is 8.53. The van der Waals surface area contributed by atoms with Crippen LogP contribution in [0.4, 0.5) is 5.95 Å². The summed E-state index contributed by atoms with van der Waals surface area (Å²) in [6.45, 7) is 5.03. The second-order valence-electron chi connectivity index (χ2n) is 4.62. The SMILES string of the molecule is CCNc1nc(Sc2cnn(C)c2)c2cc(CC)sc2n1. The van der Waals surface area contributed by atoms with Gasteiger partial charge in [-0.05, 0) is 19.4 Å². The van der Waals surface area contributed by atoms with Crippen LogP contribution < -0.4 is 5.32 Å². The Bertz CT molecular complexity index is 762. The molecule has 0 spiro atoms. The van der Waals surface area contributed by atoms with Crippen LogP contribution in [0.1, 0.15) is 18.7 Å². The van der Waals surface area contributed by atoms with E-state index in [9.17, 15) is 0 Å². The van der Waals surface area contributed by atoms with Crippen molar-refractivity contribution >= 4 is 39.3 Å². The van der Waals surface area contributed by atoms with E-state index in [1.165, 1.54) is 4.88 Å². The Morgan fingerprint density at radius 2 is 2.19 bits per heavy atom. The molecule has 0 atom stereocenters. The molecule has 110 valence electrons. The first-order chi connectivity index (χ1) is 10.2. The van der Waals surface area contributed by atoms with Gasteiger partial charge in [-0.2, -0.15) is 5.10 Å². The molecule has 21 heavy (non-hydrogen) atoms. The molecule has 0 aliphatic rings. The molecule has 1 N–H and O–H groups in total. The zero-order valence-electron chi connectivity index (χ0n) is 12.3. The van der Waals surface area contributed by atoms with Gasteiger partial charge in [0.05, 0.1) is 11.1 Å². The number of aromatic nitrogens is 4. The van der Waals surface area contributed by atoms with Crippen molar-refractivity contribution in [2.45, 2.75) is 30.2 Å². The maximum Gasteiger partial charge on any atom is 0.225 e. The molecule has 0 saturated carbocycles. The first kappa shape index (κ1) is 14.3. The van der Waals surface area contributed by atoms with E-state index in [1.807, 2.05) is 26.4 Å². The molecule has 0 aliphatic heterocycles. The quantitative estimate of drug-likeness (QED) is 0.729. The van der Waals surface area contributed by atoms with Gasteiger partial charge in [0.1, 0.15) is 9.86 Å². The van der Waals surface area contributed by atoms with Crippen LogP contribution >= 0.6 is 23.1 Å². The predicted molar refractivity (Wildman–Crippen MR) is 88.3 cm³/mol. The largest absolute Gasteiger partial charge is 0.354 e. The molecule has 0 saturated heterocycles. The summed E-state index contributed by atoms with van der Waals surface area (Å²) >= 11 is 3.38. The molecule has 0 unspecified atom stereocenters. The van der Waals surface area contributed by atoms with Gasteiger partial charge in [0, 0.05) is 30.1 Å². The Morgan fingerprint density at radius 1 is 1.33 bits per heavy atom. The van der Waals surface area contributed by atoms with Crippen LogP contribution in [-0.4, -0.2) is 26.3 Å². The minimum absolute atomic E-state index is 0.695. The van der Waals surface area contributed by atoms with Gasteiger partial charge in [-0.15, -0.1) is 11.3 Å². The number of nitrogens with one attached hydrogen (secondary N) is 1. The average molecular weight is 319 g/mol. The molecular formula is C14H17N5S2. The molecule has 0 aliphatic carbocycles. The number of hydrogen-bond acceptors (Lipinski definition) is 6. The second kappa shape index (κ2) is 6.03. The standard InChI is InChI=1S/C14H17N5S2/c1-4-9-6-11-12(20-9)17-14(15-5-2)18-13(11)21-10-7-16-19(3)8-10/h6-8H,4-5H2,1-3H3,(H,15,17,18). The normalized spacial score (nSPS) is 11.2. The summed E-state index contributed by atoms with van der Waals surface area (Å²) in [6, 6.07) is 2.20. The number of anilines is 1. The monoisotopic (exact) mass is 319 g/mol. The number of aryl methyl sites for hydroxylation is 2. The Morgan fingerprint density at radius 3 is 2.86 bits per heavy atom. The van der Waals surface area contributed by atoms with Crippen molar-refractivity contribution in [2.24, 2.45) is 7.05 Å². The molecule has 5 nitrogen and oxygen atoms in total. The van der Waals surface area contributed by atoms with Gasteiger partial charge in [0.2, 0.25) is 5.95 Å². The maximum atomic E-state index is 4.65. The van der Waals surface area contributed by atoms with Crippen molar-refractivity contribution in [2.75, 3.05) is 11.9 Å². The highest BCUT2D eigenvalue weighted by molar-refractivity contribution is 7.99. The van der Waals surface area contributed by atoms with Gasteiger partial charge in [-0.25, -0.2) is 9.97 Å². The van der Waals surface area contributed by atoms with Crippen molar-refractivity contribution in [1.29, 1.82) is 0 Å². The third kappa shape index (κ3) is 3.03. The second-order valence-corrected chi connectivity index (χ2v) is 6.80. The Balaban J connectivity index is 2.06. The van der Waals surface area contributed by atoms with E-state index in [-0.39, 0.29) is 0 Å². The van der Waals surface area contributed by atoms with Crippen LogP contribution in [0.3, 0.4) is 0 Å². The molecule has 3 aromatic heterocycles. The van der Waals surface area contributed by atoms with E-state index in [1.54, 1.807) is 27.8 Å². The predicted octanol–water partition coefficient (Wildman–Crippen LogP) is 3.57. The maximum absolute atomic E-state index is 4.65. The van der Waals surface area contributed by atoms with E-state index in [0.29, 0.717) is 5.95 Å². The minimum atomic E-state index is 0.695. The fourth-order valence-electron chi connectivity index (χ4n) is 2.00. The van der Waals surface area contributed by atoms with Crippen LogP contribution in [-0.2, 0) is 13.5 Å². The van der Waals surface area contributed by atoms with E-state index >= 15 is 0 Å². The van der Waals surface area contributed by atoms with Crippen molar-refractivity contribution in [3.8, 4) is 0 Å². The van der Waals surface area contributed by atoms with Crippen LogP contribution in [0.25, 0.3) is 10.2 Å². The van der Waals surface area contributed by atoms with Gasteiger partial charge in [0.15, 0.2) is 0 Å². The van der Waals surface area contributed by atoms with Crippen LogP contribution in [0.2, 0.25) is 0 Å². The van der Waals surface area contributed by atoms with Gasteiger partial charge in [0.25, 0.3) is 0 Å². The molecule has 7 heteroatoms. The van der Waals surface area contributed by atoms with Crippen LogP contribution in [0.15, 0.2) is 28.4 Å². The topological polar surface area (TPSA) is 55.6 Å². The Labute approximate surface area is 131 Å². The molecule has 0 fully saturated rings. The molecule has 3 heterocycles. The zero-order valence-corrected chi connectivity index (χ0v) is 13.9. The molecule has 3 rings (SSSR count). The third-order valence-electron chi connectivity index (χ3n) is 2.99. The third-order valence-corrected chi connectivity index (χ3v) is 5.11. The molecule has 0 amide bonds. The summed E-state index contributed by atoms with van der Waals surface area (Å²) in [4.78, 5) is 12.7. The number of nitrogens with zero attached hydrogens (tertiary/aromatic N) is 4. The van der Waals surface area contributed by atoms with Crippen molar-refractivity contribution in [1.82, 2.24) is 19.7 Å². The summed E-state index contributed by atoms with van der Waals surface area (Å²) < 4.78 is 1.80. The average Bonchev–Trinajstić information content (AvgIpc) is 3.05. The summed E-state index contributed by atoms with van der Waals surface area (Å²) in [5, 5.41) is 9.54. The summed E-state index contributed by atoms with van der Waals surface area (Å²) in [7, 11) is 1.92. The lowest BCUT2D eigenvalue weighted by molar-refractivity contribution is 0.766. The van der Waals surface area contributed by atoms with Crippen molar-refractivity contribution in [3.05, 3.63) is 23.3 Å². The van der Waals surface area contributed by atoms with Crippen molar-refractivity contribution in [3.63, 3.8) is 0 Å². The number of thiophene rings is 1. The lowest BCUT2D eigenvalue weighted by Gasteiger charge is -2.05. The fraction of sp³-hybridized carbons (Fsp3) is 0.357. The van der Waals surface area contributed by atoms with Crippen molar-refractivity contribution < 1.29 is 0 Å². The molecule has 0 bridgehead atoms. The van der Waals surface area contributed by atoms with Crippen LogP contribution in [0.5, 0.6) is 0 Å². The summed E-state index contributed by atoms with van der Waals surface area (Å²) in [5.41, 5.74) is 0. The Hall–Kier alpha value is -1.60. The highest BCUT2D eigenvalue weighted by Crippen LogP contribution is 2.35. The molecule has 3 aromatic rings. The smallest absolute Gasteiger partial charge is 0.225 e. The molecule has 0 aromatic carbocycles. The van der Waals surface area contributed by atoms with E-state index < -0.39 is 0 Å².